The molecule has 2 aromatic carbocycles. The first kappa shape index (κ1) is 18.5. The van der Waals surface area contributed by atoms with Crippen molar-refractivity contribution in [2.75, 3.05) is 5.32 Å². The van der Waals surface area contributed by atoms with E-state index >= 15 is 0 Å². The summed E-state index contributed by atoms with van der Waals surface area (Å²) in [5.74, 6) is -0.158. The van der Waals surface area contributed by atoms with Crippen LogP contribution in [-0.2, 0) is 11.3 Å². The molecule has 3 rings (SSSR count). The Labute approximate surface area is 163 Å². The Morgan fingerprint density at radius 1 is 1.27 bits per heavy atom. The molecule has 0 spiro atoms. The first-order valence-electron chi connectivity index (χ1n) is 7.95. The predicted molar refractivity (Wildman–Crippen MR) is 106 cm³/mol. The van der Waals surface area contributed by atoms with Gasteiger partial charge in [0.25, 0.3) is 0 Å². The van der Waals surface area contributed by atoms with E-state index in [0.29, 0.717) is 17.4 Å². The number of nitrogens with one attached hydrogen (secondary N) is 2. The molecule has 0 bridgehead atoms. The fourth-order valence-electron chi connectivity index (χ4n) is 2.32. The van der Waals surface area contributed by atoms with Crippen LogP contribution in [0.3, 0.4) is 0 Å². The second-order valence-corrected chi connectivity index (χ2v) is 7.87. The molecule has 0 radical (unpaired) electrons. The van der Waals surface area contributed by atoms with E-state index in [-0.39, 0.29) is 11.6 Å². The molecule has 0 saturated carbocycles. The summed E-state index contributed by atoms with van der Waals surface area (Å²) in [7, 11) is 0. The first-order valence-corrected chi connectivity index (χ1v) is 9.62. The standard InChI is InChI=1S/C18H17BrN4O2S/c1-12(16(24)20-15-9-5-8-14(19)10-15)26-18-22-21-17(25)23(18)11-13-6-3-2-4-7-13/h2-10,12H,11H2,1H3,(H,20,24)(H,21,25). The van der Waals surface area contributed by atoms with Crippen molar-refractivity contribution in [1.82, 2.24) is 14.8 Å². The molecule has 0 aliphatic rings. The smallest absolute Gasteiger partial charge is 0.325 e. The van der Waals surface area contributed by atoms with Gasteiger partial charge < -0.3 is 5.32 Å². The van der Waals surface area contributed by atoms with Crippen molar-refractivity contribution < 1.29 is 4.79 Å². The molecule has 0 saturated heterocycles. The third kappa shape index (κ3) is 4.64. The van der Waals surface area contributed by atoms with Gasteiger partial charge in [0, 0.05) is 10.2 Å². The van der Waals surface area contributed by atoms with E-state index in [0.717, 1.165) is 10.0 Å². The normalized spacial score (nSPS) is 11.9. The molecule has 134 valence electrons. The van der Waals surface area contributed by atoms with Crippen molar-refractivity contribution in [1.29, 1.82) is 0 Å². The third-order valence-electron chi connectivity index (χ3n) is 3.65. The zero-order valence-corrected chi connectivity index (χ0v) is 16.4. The van der Waals surface area contributed by atoms with Gasteiger partial charge in [0.15, 0.2) is 5.16 Å². The van der Waals surface area contributed by atoms with Crippen LogP contribution in [0.25, 0.3) is 0 Å². The van der Waals surface area contributed by atoms with E-state index in [2.05, 4.69) is 31.4 Å². The van der Waals surface area contributed by atoms with E-state index in [1.807, 2.05) is 54.6 Å². The number of H-pyrrole nitrogens is 1. The van der Waals surface area contributed by atoms with Crippen molar-refractivity contribution in [3.63, 3.8) is 0 Å². The van der Waals surface area contributed by atoms with Gasteiger partial charge in [-0.15, -0.1) is 5.10 Å². The van der Waals surface area contributed by atoms with Gasteiger partial charge in [0.05, 0.1) is 11.8 Å². The zero-order chi connectivity index (χ0) is 18.5. The fourth-order valence-corrected chi connectivity index (χ4v) is 3.57. The average Bonchev–Trinajstić information content (AvgIpc) is 2.96. The number of carbonyl (C=O) groups excluding carboxylic acids is 1. The lowest BCUT2D eigenvalue weighted by molar-refractivity contribution is -0.115. The van der Waals surface area contributed by atoms with Crippen LogP contribution in [0.2, 0.25) is 0 Å². The molecule has 2 N–H and O–H groups in total. The largest absolute Gasteiger partial charge is 0.344 e. The molecule has 0 fully saturated rings. The summed E-state index contributed by atoms with van der Waals surface area (Å²) < 4.78 is 2.42. The maximum absolute atomic E-state index is 12.4. The highest BCUT2D eigenvalue weighted by Crippen LogP contribution is 2.23. The molecule has 1 heterocycles. The lowest BCUT2D eigenvalue weighted by Crippen LogP contribution is -2.24. The summed E-state index contributed by atoms with van der Waals surface area (Å²) in [4.78, 5) is 24.5. The van der Waals surface area contributed by atoms with Gasteiger partial charge in [0.1, 0.15) is 0 Å². The zero-order valence-electron chi connectivity index (χ0n) is 14.0. The number of carbonyl (C=O) groups is 1. The number of benzene rings is 2. The minimum atomic E-state index is -0.418. The first-order chi connectivity index (χ1) is 12.5. The molecule has 0 aliphatic carbocycles. The molecule has 1 unspecified atom stereocenters. The molecule has 1 amide bonds. The lowest BCUT2D eigenvalue weighted by atomic mass is 10.2. The van der Waals surface area contributed by atoms with Crippen LogP contribution >= 0.6 is 27.7 Å². The Hall–Kier alpha value is -2.32. The van der Waals surface area contributed by atoms with Crippen LogP contribution in [0, 0.1) is 0 Å². The monoisotopic (exact) mass is 432 g/mol. The number of aromatic amines is 1. The van der Waals surface area contributed by atoms with E-state index in [4.69, 9.17) is 0 Å². The van der Waals surface area contributed by atoms with Crippen LogP contribution in [0.4, 0.5) is 5.69 Å². The third-order valence-corrected chi connectivity index (χ3v) is 5.23. The van der Waals surface area contributed by atoms with Gasteiger partial charge in [-0.3, -0.25) is 9.36 Å². The van der Waals surface area contributed by atoms with Crippen LogP contribution in [-0.4, -0.2) is 25.9 Å². The maximum Gasteiger partial charge on any atom is 0.344 e. The fraction of sp³-hybridized carbons (Fsp3) is 0.167. The second kappa shape index (κ2) is 8.37. The van der Waals surface area contributed by atoms with Gasteiger partial charge in [-0.05, 0) is 30.7 Å². The number of rotatable bonds is 6. The Balaban J connectivity index is 1.70. The molecule has 1 atom stereocenters. The molecule has 8 heteroatoms. The summed E-state index contributed by atoms with van der Waals surface area (Å²) in [6.07, 6.45) is 0. The molecule has 6 nitrogen and oxygen atoms in total. The Kier molecular flexibility index (Phi) is 5.95. The number of nitrogens with zero attached hydrogens (tertiary/aromatic N) is 2. The number of halogens is 1. The maximum atomic E-state index is 12.4. The van der Waals surface area contributed by atoms with Crippen LogP contribution < -0.4 is 11.0 Å². The Morgan fingerprint density at radius 2 is 2.04 bits per heavy atom. The minimum Gasteiger partial charge on any atom is -0.325 e. The molecular weight excluding hydrogens is 416 g/mol. The molecular formula is C18H17BrN4O2S. The van der Waals surface area contributed by atoms with Gasteiger partial charge in [0.2, 0.25) is 5.91 Å². The highest BCUT2D eigenvalue weighted by atomic mass is 79.9. The Morgan fingerprint density at radius 3 is 2.77 bits per heavy atom. The number of thioether (sulfide) groups is 1. The number of anilines is 1. The van der Waals surface area contributed by atoms with E-state index in [9.17, 15) is 9.59 Å². The summed E-state index contributed by atoms with van der Waals surface area (Å²) in [5, 5.41) is 9.44. The number of amides is 1. The molecule has 3 aromatic rings. The lowest BCUT2D eigenvalue weighted by Gasteiger charge is -2.12. The van der Waals surface area contributed by atoms with Gasteiger partial charge >= 0.3 is 5.69 Å². The van der Waals surface area contributed by atoms with E-state index in [1.54, 1.807) is 6.92 Å². The predicted octanol–water partition coefficient (Wildman–Crippen LogP) is 3.50. The highest BCUT2D eigenvalue weighted by molar-refractivity contribution is 9.10. The topological polar surface area (TPSA) is 79.8 Å². The minimum absolute atomic E-state index is 0.158. The van der Waals surface area contributed by atoms with Crippen molar-refractivity contribution in [2.45, 2.75) is 23.9 Å². The average molecular weight is 433 g/mol. The highest BCUT2D eigenvalue weighted by Gasteiger charge is 2.19. The van der Waals surface area contributed by atoms with Crippen LogP contribution in [0.5, 0.6) is 0 Å². The van der Waals surface area contributed by atoms with Crippen molar-refractivity contribution in [2.24, 2.45) is 0 Å². The van der Waals surface area contributed by atoms with Gasteiger partial charge in [-0.2, -0.15) is 0 Å². The number of hydrogen-bond donors (Lipinski definition) is 2. The summed E-state index contributed by atoms with van der Waals surface area (Å²) in [5.41, 5.74) is 1.40. The van der Waals surface area contributed by atoms with E-state index < -0.39 is 5.25 Å². The van der Waals surface area contributed by atoms with Crippen LogP contribution in [0.15, 0.2) is 69.0 Å². The number of aromatic nitrogens is 3. The van der Waals surface area contributed by atoms with Gasteiger partial charge in [-0.1, -0.05) is 64.1 Å². The van der Waals surface area contributed by atoms with Crippen molar-refractivity contribution >= 4 is 39.3 Å². The molecule has 1 aromatic heterocycles. The summed E-state index contributed by atoms with van der Waals surface area (Å²) in [6, 6.07) is 17.0. The summed E-state index contributed by atoms with van der Waals surface area (Å²) >= 11 is 4.62. The van der Waals surface area contributed by atoms with Crippen molar-refractivity contribution in [3.05, 3.63) is 75.1 Å². The quantitative estimate of drug-likeness (QED) is 0.584. The van der Waals surface area contributed by atoms with E-state index in [1.165, 1.54) is 16.3 Å². The Bertz CT molecular complexity index is 955. The molecule has 26 heavy (non-hydrogen) atoms. The molecule has 0 aliphatic heterocycles. The second-order valence-electron chi connectivity index (χ2n) is 5.64. The van der Waals surface area contributed by atoms with Gasteiger partial charge in [-0.25, -0.2) is 9.89 Å². The van der Waals surface area contributed by atoms with Crippen LogP contribution in [0.1, 0.15) is 12.5 Å². The summed E-state index contributed by atoms with van der Waals surface area (Å²) in [6.45, 7) is 2.18. The SMILES string of the molecule is CC(Sc1n[nH]c(=O)n1Cc1ccccc1)C(=O)Nc1cccc(Br)c1. The number of hydrogen-bond acceptors (Lipinski definition) is 4. The van der Waals surface area contributed by atoms with Crippen molar-refractivity contribution in [3.8, 4) is 0 Å².